The summed E-state index contributed by atoms with van der Waals surface area (Å²) in [5.74, 6) is -1.14. The van der Waals surface area contributed by atoms with Gasteiger partial charge in [-0.25, -0.2) is 0 Å². The number of carbonyl (C=O) groups excluding carboxylic acids is 3. The van der Waals surface area contributed by atoms with E-state index in [1.807, 2.05) is 0 Å². The maximum Gasteiger partial charge on any atom is 0.273 e. The van der Waals surface area contributed by atoms with Gasteiger partial charge in [0.15, 0.2) is 0 Å². The van der Waals surface area contributed by atoms with Crippen LogP contribution in [0.25, 0.3) is 6.08 Å². The predicted molar refractivity (Wildman–Crippen MR) is 107 cm³/mol. The number of furan rings is 1. The van der Waals surface area contributed by atoms with Crippen molar-refractivity contribution in [2.75, 3.05) is 6.54 Å². The molecule has 3 amide bonds. The van der Waals surface area contributed by atoms with Gasteiger partial charge in [-0.1, -0.05) is 36.1 Å². The Morgan fingerprint density at radius 3 is 2.71 bits per heavy atom. The summed E-state index contributed by atoms with van der Waals surface area (Å²) < 4.78 is 5.53. The van der Waals surface area contributed by atoms with Crippen molar-refractivity contribution < 1.29 is 23.9 Å². The molecular formula is C18H15N3O5S2. The van der Waals surface area contributed by atoms with E-state index in [-0.39, 0.29) is 30.2 Å². The first-order valence-electron chi connectivity index (χ1n) is 8.12. The molecule has 3 N–H and O–H groups in total. The van der Waals surface area contributed by atoms with E-state index in [4.69, 9.17) is 16.6 Å². The van der Waals surface area contributed by atoms with Crippen molar-refractivity contribution in [1.82, 2.24) is 15.8 Å². The summed E-state index contributed by atoms with van der Waals surface area (Å²) in [5.41, 5.74) is 4.48. The molecule has 0 aliphatic carbocycles. The minimum atomic E-state index is -0.654. The van der Waals surface area contributed by atoms with Crippen LogP contribution in [-0.2, 0) is 9.59 Å². The van der Waals surface area contributed by atoms with Gasteiger partial charge < -0.3 is 9.52 Å². The zero-order chi connectivity index (χ0) is 20.1. The Morgan fingerprint density at radius 2 is 2.00 bits per heavy atom. The quantitative estimate of drug-likeness (QED) is 0.388. The fourth-order valence-electron chi connectivity index (χ4n) is 2.33. The highest BCUT2D eigenvalue weighted by Crippen LogP contribution is 2.32. The molecule has 1 fully saturated rings. The Labute approximate surface area is 169 Å². The molecule has 144 valence electrons. The number of hydrogen-bond acceptors (Lipinski definition) is 7. The maximum absolute atomic E-state index is 12.4. The summed E-state index contributed by atoms with van der Waals surface area (Å²) in [7, 11) is 0. The smallest absolute Gasteiger partial charge is 0.273 e. The number of thiocarbonyl (C=S) groups is 1. The standard InChI is InChI=1S/C18H15N3O5S2/c22-13-6-2-1-5-12(13)16(24)20-19-15(23)7-8-21-17(25)14(28-18(21)27)10-11-4-3-9-26-11/h1-6,9-10,22H,7-8H2,(H,19,23)(H,20,24). The molecule has 0 bridgehead atoms. The Bertz CT molecular complexity index is 956. The Kier molecular flexibility index (Phi) is 6.12. The number of phenols is 1. The SMILES string of the molecule is O=C(CCN1C(=O)C(=Cc2ccco2)SC1=S)NNC(=O)c1ccccc1O. The molecule has 1 aliphatic heterocycles. The second kappa shape index (κ2) is 8.72. The highest BCUT2D eigenvalue weighted by molar-refractivity contribution is 8.26. The highest BCUT2D eigenvalue weighted by Gasteiger charge is 2.32. The summed E-state index contributed by atoms with van der Waals surface area (Å²) in [6.07, 6.45) is 3.02. The number of nitrogens with zero attached hydrogens (tertiary/aromatic N) is 1. The third-order valence-corrected chi connectivity index (χ3v) is 5.09. The lowest BCUT2D eigenvalue weighted by Crippen LogP contribution is -2.43. The van der Waals surface area contributed by atoms with Crippen LogP contribution in [0, 0.1) is 0 Å². The third-order valence-electron chi connectivity index (χ3n) is 3.72. The van der Waals surface area contributed by atoms with Gasteiger partial charge in [-0.15, -0.1) is 0 Å². The highest BCUT2D eigenvalue weighted by atomic mass is 32.2. The minimum Gasteiger partial charge on any atom is -0.507 e. The Balaban J connectivity index is 1.50. The number of carbonyl (C=O) groups is 3. The minimum absolute atomic E-state index is 0.0304. The molecule has 1 saturated heterocycles. The summed E-state index contributed by atoms with van der Waals surface area (Å²) in [6, 6.07) is 9.37. The fourth-order valence-corrected chi connectivity index (χ4v) is 3.62. The number of hydrazine groups is 1. The second-order valence-corrected chi connectivity index (χ2v) is 7.29. The van der Waals surface area contributed by atoms with Crippen molar-refractivity contribution >= 4 is 52.1 Å². The molecule has 0 radical (unpaired) electrons. The van der Waals surface area contributed by atoms with E-state index in [0.29, 0.717) is 15.0 Å². The number of thioether (sulfide) groups is 1. The van der Waals surface area contributed by atoms with E-state index in [1.165, 1.54) is 23.3 Å². The topological polar surface area (TPSA) is 112 Å². The molecule has 28 heavy (non-hydrogen) atoms. The van der Waals surface area contributed by atoms with Gasteiger partial charge in [0.2, 0.25) is 5.91 Å². The van der Waals surface area contributed by atoms with E-state index in [1.54, 1.807) is 30.3 Å². The van der Waals surface area contributed by atoms with Crippen LogP contribution in [-0.4, -0.2) is 38.6 Å². The largest absolute Gasteiger partial charge is 0.507 e. The zero-order valence-electron chi connectivity index (χ0n) is 14.4. The molecule has 1 aliphatic rings. The van der Waals surface area contributed by atoms with Crippen molar-refractivity contribution in [2.45, 2.75) is 6.42 Å². The monoisotopic (exact) mass is 417 g/mol. The van der Waals surface area contributed by atoms with Gasteiger partial charge in [0.25, 0.3) is 11.8 Å². The average molecular weight is 417 g/mol. The van der Waals surface area contributed by atoms with E-state index in [9.17, 15) is 19.5 Å². The molecule has 0 unspecified atom stereocenters. The van der Waals surface area contributed by atoms with Crippen LogP contribution in [0.4, 0.5) is 0 Å². The molecule has 2 heterocycles. The summed E-state index contributed by atoms with van der Waals surface area (Å²) in [5, 5.41) is 9.62. The van der Waals surface area contributed by atoms with Gasteiger partial charge in [0, 0.05) is 19.0 Å². The first kappa shape index (κ1) is 19.6. The van der Waals surface area contributed by atoms with Crippen molar-refractivity contribution in [3.05, 3.63) is 58.9 Å². The number of phenolic OH excluding ortho intramolecular Hbond substituents is 1. The van der Waals surface area contributed by atoms with Crippen LogP contribution >= 0.6 is 24.0 Å². The molecule has 0 saturated carbocycles. The molecule has 2 aromatic rings. The zero-order valence-corrected chi connectivity index (χ0v) is 16.0. The third kappa shape index (κ3) is 4.59. The van der Waals surface area contributed by atoms with Crippen LogP contribution in [0.15, 0.2) is 52.0 Å². The number of benzene rings is 1. The molecule has 0 spiro atoms. The van der Waals surface area contributed by atoms with Crippen LogP contribution in [0.5, 0.6) is 5.75 Å². The van der Waals surface area contributed by atoms with Gasteiger partial charge in [-0.05, 0) is 24.3 Å². The van der Waals surface area contributed by atoms with E-state index in [2.05, 4.69) is 10.9 Å². The van der Waals surface area contributed by atoms with Gasteiger partial charge in [0.05, 0.1) is 16.7 Å². The van der Waals surface area contributed by atoms with Gasteiger partial charge >= 0.3 is 0 Å². The number of para-hydroxylation sites is 1. The fraction of sp³-hybridized carbons (Fsp3) is 0.111. The molecule has 1 aromatic heterocycles. The van der Waals surface area contributed by atoms with Gasteiger partial charge in [0.1, 0.15) is 15.8 Å². The van der Waals surface area contributed by atoms with Crippen molar-refractivity contribution in [1.29, 1.82) is 0 Å². The maximum atomic E-state index is 12.4. The van der Waals surface area contributed by atoms with E-state index in [0.717, 1.165) is 11.8 Å². The van der Waals surface area contributed by atoms with Crippen molar-refractivity contribution in [2.24, 2.45) is 0 Å². The molecule has 0 atom stereocenters. The summed E-state index contributed by atoms with van der Waals surface area (Å²) in [4.78, 5) is 38.1. The molecule has 10 heteroatoms. The molecule has 8 nitrogen and oxygen atoms in total. The first-order chi connectivity index (χ1) is 13.5. The first-order valence-corrected chi connectivity index (χ1v) is 9.34. The van der Waals surface area contributed by atoms with Crippen LogP contribution < -0.4 is 10.9 Å². The molecule has 3 rings (SSSR count). The lowest BCUT2D eigenvalue weighted by molar-refractivity contribution is -0.124. The summed E-state index contributed by atoms with van der Waals surface area (Å²) >= 11 is 6.32. The second-order valence-electron chi connectivity index (χ2n) is 5.62. The number of hydrogen-bond donors (Lipinski definition) is 3. The van der Waals surface area contributed by atoms with Crippen molar-refractivity contribution in [3.8, 4) is 5.75 Å². The lowest BCUT2D eigenvalue weighted by atomic mass is 10.2. The van der Waals surface area contributed by atoms with Crippen LogP contribution in [0.2, 0.25) is 0 Å². The number of amides is 3. The van der Waals surface area contributed by atoms with Crippen LogP contribution in [0.3, 0.4) is 0 Å². The van der Waals surface area contributed by atoms with E-state index >= 15 is 0 Å². The Hall–Kier alpha value is -3.11. The van der Waals surface area contributed by atoms with E-state index < -0.39 is 11.8 Å². The number of aromatic hydroxyl groups is 1. The summed E-state index contributed by atoms with van der Waals surface area (Å²) in [6.45, 7) is 0.0679. The molecule has 1 aromatic carbocycles. The van der Waals surface area contributed by atoms with Crippen molar-refractivity contribution in [3.63, 3.8) is 0 Å². The average Bonchev–Trinajstić information content (AvgIpc) is 3.27. The van der Waals surface area contributed by atoms with Gasteiger partial charge in [-0.3, -0.25) is 30.1 Å². The number of rotatable bonds is 5. The normalized spacial score (nSPS) is 15.1. The number of nitrogens with one attached hydrogen (secondary N) is 2. The molecular weight excluding hydrogens is 402 g/mol. The predicted octanol–water partition coefficient (Wildman–Crippen LogP) is 2.04. The lowest BCUT2D eigenvalue weighted by Gasteiger charge is -2.14. The van der Waals surface area contributed by atoms with Gasteiger partial charge in [-0.2, -0.15) is 0 Å². The Morgan fingerprint density at radius 1 is 1.21 bits per heavy atom. The van der Waals surface area contributed by atoms with Crippen LogP contribution in [0.1, 0.15) is 22.5 Å².